The lowest BCUT2D eigenvalue weighted by Crippen LogP contribution is -2.44. The Morgan fingerprint density at radius 1 is 1.10 bits per heavy atom. The zero-order chi connectivity index (χ0) is 20.9. The van der Waals surface area contributed by atoms with E-state index in [1.807, 2.05) is 42.3 Å². The second-order valence-corrected chi connectivity index (χ2v) is 8.75. The Bertz CT molecular complexity index is 912. The van der Waals surface area contributed by atoms with E-state index in [1.165, 1.54) is 24.8 Å². The van der Waals surface area contributed by atoms with E-state index < -0.39 is 0 Å². The second kappa shape index (κ2) is 9.61. The van der Waals surface area contributed by atoms with Gasteiger partial charge in [0.25, 0.3) is 11.5 Å². The zero-order valence-corrected chi connectivity index (χ0v) is 17.9. The molecule has 2 aliphatic rings. The summed E-state index contributed by atoms with van der Waals surface area (Å²) >= 11 is 0. The van der Waals surface area contributed by atoms with Crippen molar-refractivity contribution < 1.29 is 9.53 Å². The van der Waals surface area contributed by atoms with E-state index in [0.717, 1.165) is 38.0 Å². The predicted octanol–water partition coefficient (Wildman–Crippen LogP) is 3.82. The number of carbonyl (C=O) groups is 1. The molecule has 1 aliphatic heterocycles. The van der Waals surface area contributed by atoms with Crippen LogP contribution in [0.3, 0.4) is 0 Å². The average molecular weight is 409 g/mol. The molecule has 0 radical (unpaired) electrons. The van der Waals surface area contributed by atoms with E-state index in [1.54, 1.807) is 4.57 Å². The van der Waals surface area contributed by atoms with Gasteiger partial charge in [0.05, 0.1) is 6.10 Å². The summed E-state index contributed by atoms with van der Waals surface area (Å²) in [5.41, 5.74) is 2.08. The Hall–Kier alpha value is -2.40. The third-order valence-electron chi connectivity index (χ3n) is 6.51. The number of benzene rings is 1. The van der Waals surface area contributed by atoms with Crippen LogP contribution in [0.4, 0.5) is 0 Å². The van der Waals surface area contributed by atoms with Crippen molar-refractivity contribution in [2.45, 2.75) is 58.1 Å². The van der Waals surface area contributed by atoms with Crippen LogP contribution in [0.2, 0.25) is 0 Å². The fraction of sp³-hybridized carbons (Fsp3) is 0.520. The summed E-state index contributed by atoms with van der Waals surface area (Å²) in [5.74, 6) is 0.425. The standard InChI is InChI=1S/C25H32N2O3/c1-19-12-14-26(15-13-20-7-3-2-4-8-20)24(28)23(19)25(29)27(17-21-9-5-10-21)18-22-11-6-16-30-22/h2-4,7-8,12,14,21-22H,5-6,9-11,13,15-18H2,1H3. The number of rotatable bonds is 8. The summed E-state index contributed by atoms with van der Waals surface area (Å²) in [6.45, 7) is 4.53. The largest absolute Gasteiger partial charge is 0.376 e. The molecule has 1 saturated carbocycles. The quantitative estimate of drug-likeness (QED) is 0.667. The highest BCUT2D eigenvalue weighted by Crippen LogP contribution is 2.28. The lowest BCUT2D eigenvalue weighted by atomic mass is 9.85. The molecule has 2 aromatic rings. The van der Waals surface area contributed by atoms with Gasteiger partial charge < -0.3 is 14.2 Å². The lowest BCUT2D eigenvalue weighted by Gasteiger charge is -2.34. The van der Waals surface area contributed by atoms with Crippen LogP contribution >= 0.6 is 0 Å². The van der Waals surface area contributed by atoms with Crippen molar-refractivity contribution in [3.63, 3.8) is 0 Å². The number of ether oxygens (including phenoxy) is 1. The minimum Gasteiger partial charge on any atom is -0.376 e. The van der Waals surface area contributed by atoms with Crippen molar-refractivity contribution in [2.75, 3.05) is 19.7 Å². The van der Waals surface area contributed by atoms with Crippen LogP contribution in [-0.2, 0) is 17.7 Å². The maximum atomic E-state index is 13.5. The first-order chi connectivity index (χ1) is 14.6. The zero-order valence-electron chi connectivity index (χ0n) is 17.9. The summed E-state index contributed by atoms with van der Waals surface area (Å²) in [7, 11) is 0. The van der Waals surface area contributed by atoms with Gasteiger partial charge in [-0.2, -0.15) is 0 Å². The Morgan fingerprint density at radius 3 is 2.57 bits per heavy atom. The molecule has 160 valence electrons. The highest BCUT2D eigenvalue weighted by atomic mass is 16.5. The van der Waals surface area contributed by atoms with E-state index >= 15 is 0 Å². The number of nitrogens with zero attached hydrogens (tertiary/aromatic N) is 2. The Balaban J connectivity index is 1.54. The van der Waals surface area contributed by atoms with Crippen molar-refractivity contribution in [3.05, 3.63) is 69.6 Å². The van der Waals surface area contributed by atoms with E-state index in [4.69, 9.17) is 4.74 Å². The molecule has 0 bridgehead atoms. The van der Waals surface area contributed by atoms with E-state index in [2.05, 4.69) is 12.1 Å². The first-order valence-corrected chi connectivity index (χ1v) is 11.3. The molecule has 1 aromatic carbocycles. The molecule has 0 spiro atoms. The molecule has 1 unspecified atom stereocenters. The van der Waals surface area contributed by atoms with Gasteiger partial charge in [0.15, 0.2) is 0 Å². The molecule has 2 heterocycles. The van der Waals surface area contributed by atoms with Gasteiger partial charge in [0.1, 0.15) is 5.56 Å². The first kappa shape index (κ1) is 20.9. The fourth-order valence-electron chi connectivity index (χ4n) is 4.42. The minimum absolute atomic E-state index is 0.0957. The van der Waals surface area contributed by atoms with Gasteiger partial charge in [-0.3, -0.25) is 9.59 Å². The summed E-state index contributed by atoms with van der Waals surface area (Å²) in [6, 6.07) is 12.0. The summed E-state index contributed by atoms with van der Waals surface area (Å²) in [6.07, 6.45) is 8.29. The number of carbonyl (C=O) groups excluding carboxylic acids is 1. The summed E-state index contributed by atoms with van der Waals surface area (Å²) < 4.78 is 7.48. The lowest BCUT2D eigenvalue weighted by molar-refractivity contribution is 0.0445. The van der Waals surface area contributed by atoms with Gasteiger partial charge in [0, 0.05) is 32.4 Å². The van der Waals surface area contributed by atoms with E-state index in [9.17, 15) is 9.59 Å². The van der Waals surface area contributed by atoms with Crippen LogP contribution < -0.4 is 5.56 Å². The van der Waals surface area contributed by atoms with Gasteiger partial charge in [-0.1, -0.05) is 36.8 Å². The number of aromatic nitrogens is 1. The van der Waals surface area contributed by atoms with Gasteiger partial charge in [-0.05, 0) is 62.1 Å². The molecule has 5 nitrogen and oxygen atoms in total. The molecule has 2 fully saturated rings. The summed E-state index contributed by atoms with van der Waals surface area (Å²) in [5, 5.41) is 0. The van der Waals surface area contributed by atoms with Gasteiger partial charge >= 0.3 is 0 Å². The number of hydrogen-bond acceptors (Lipinski definition) is 3. The van der Waals surface area contributed by atoms with Crippen LogP contribution in [-0.4, -0.2) is 41.2 Å². The van der Waals surface area contributed by atoms with Gasteiger partial charge in [-0.15, -0.1) is 0 Å². The molecule has 30 heavy (non-hydrogen) atoms. The van der Waals surface area contributed by atoms with Crippen LogP contribution in [0, 0.1) is 12.8 Å². The molecule has 5 heteroatoms. The maximum absolute atomic E-state index is 13.5. The molecular formula is C25H32N2O3. The van der Waals surface area contributed by atoms with Crippen LogP contribution in [0.1, 0.15) is 53.6 Å². The molecule has 1 atom stereocenters. The molecule has 0 N–H and O–H groups in total. The molecule has 1 saturated heterocycles. The Kier molecular flexibility index (Phi) is 6.68. The normalized spacial score (nSPS) is 18.9. The smallest absolute Gasteiger partial charge is 0.263 e. The molecule has 1 aliphatic carbocycles. The molecule has 4 rings (SSSR count). The van der Waals surface area contributed by atoms with Crippen molar-refractivity contribution in [3.8, 4) is 0 Å². The van der Waals surface area contributed by atoms with Crippen molar-refractivity contribution in [1.29, 1.82) is 0 Å². The van der Waals surface area contributed by atoms with Crippen LogP contribution in [0.15, 0.2) is 47.4 Å². The van der Waals surface area contributed by atoms with Crippen molar-refractivity contribution in [2.24, 2.45) is 5.92 Å². The highest BCUT2D eigenvalue weighted by molar-refractivity contribution is 5.95. The molecular weight excluding hydrogens is 376 g/mol. The predicted molar refractivity (Wildman–Crippen MR) is 118 cm³/mol. The Morgan fingerprint density at radius 2 is 1.90 bits per heavy atom. The number of aryl methyl sites for hydroxylation is 3. The SMILES string of the molecule is Cc1ccn(CCc2ccccc2)c(=O)c1C(=O)N(CC1CCC1)CC1CCCO1. The number of pyridine rings is 1. The molecule has 1 aromatic heterocycles. The van der Waals surface area contributed by atoms with Crippen LogP contribution in [0.5, 0.6) is 0 Å². The Labute approximate surface area is 178 Å². The summed E-state index contributed by atoms with van der Waals surface area (Å²) in [4.78, 5) is 28.7. The van der Waals surface area contributed by atoms with E-state index in [0.29, 0.717) is 24.6 Å². The topological polar surface area (TPSA) is 51.5 Å². The third kappa shape index (κ3) is 4.84. The first-order valence-electron chi connectivity index (χ1n) is 11.3. The van der Waals surface area contributed by atoms with Crippen molar-refractivity contribution >= 4 is 5.91 Å². The van der Waals surface area contributed by atoms with Crippen molar-refractivity contribution in [1.82, 2.24) is 9.47 Å². The minimum atomic E-state index is -0.179. The van der Waals surface area contributed by atoms with E-state index in [-0.39, 0.29) is 17.6 Å². The van der Waals surface area contributed by atoms with Gasteiger partial charge in [-0.25, -0.2) is 0 Å². The average Bonchev–Trinajstić information content (AvgIpc) is 3.23. The van der Waals surface area contributed by atoms with Gasteiger partial charge in [0.2, 0.25) is 0 Å². The fourth-order valence-corrected chi connectivity index (χ4v) is 4.42. The highest BCUT2D eigenvalue weighted by Gasteiger charge is 2.30. The second-order valence-electron chi connectivity index (χ2n) is 8.75. The number of amides is 1. The van der Waals surface area contributed by atoms with Crippen LogP contribution in [0.25, 0.3) is 0 Å². The molecule has 1 amide bonds. The number of hydrogen-bond donors (Lipinski definition) is 0. The monoisotopic (exact) mass is 408 g/mol. The maximum Gasteiger partial charge on any atom is 0.263 e. The third-order valence-corrected chi connectivity index (χ3v) is 6.51.